The molecule has 3 heteroatoms. The fourth-order valence-electron chi connectivity index (χ4n) is 2.98. The molecule has 3 aromatic carbocycles. The summed E-state index contributed by atoms with van der Waals surface area (Å²) in [5, 5.41) is 4.05. The summed E-state index contributed by atoms with van der Waals surface area (Å²) in [7, 11) is -1.72. The van der Waals surface area contributed by atoms with Crippen LogP contribution in [0.15, 0.2) is 84.9 Å². The molecular weight excluding hydrogens is 335 g/mol. The van der Waals surface area contributed by atoms with Gasteiger partial charge in [0.05, 0.1) is 13.3 Å². The first-order chi connectivity index (χ1) is 11.3. The standard InChI is InChI=1S/C21H22OP.ClH/c1-3-22-20-16-10-11-17-21(20)23(2,18-12-6-4-7-13-18)19-14-8-5-9-15-19;/h4-17H,3H2,1-2H3;1H/q+1;/p-1. The van der Waals surface area contributed by atoms with Gasteiger partial charge in [-0.15, -0.1) is 0 Å². The van der Waals surface area contributed by atoms with E-state index < -0.39 is 7.26 Å². The highest BCUT2D eigenvalue weighted by Crippen LogP contribution is 2.53. The Morgan fingerprint density at radius 3 is 1.67 bits per heavy atom. The van der Waals surface area contributed by atoms with Crippen molar-refractivity contribution in [2.45, 2.75) is 6.92 Å². The van der Waals surface area contributed by atoms with Crippen LogP contribution in [-0.2, 0) is 0 Å². The van der Waals surface area contributed by atoms with Crippen molar-refractivity contribution < 1.29 is 17.1 Å². The molecule has 0 aromatic heterocycles. The van der Waals surface area contributed by atoms with E-state index in [0.29, 0.717) is 6.61 Å². The summed E-state index contributed by atoms with van der Waals surface area (Å²) < 4.78 is 5.95. The molecule has 0 bridgehead atoms. The van der Waals surface area contributed by atoms with E-state index in [1.165, 1.54) is 15.9 Å². The van der Waals surface area contributed by atoms with Crippen LogP contribution >= 0.6 is 7.26 Å². The number of halogens is 1. The van der Waals surface area contributed by atoms with Gasteiger partial charge in [0.25, 0.3) is 0 Å². The lowest BCUT2D eigenvalue weighted by molar-refractivity contribution is -0.00000510. The molecule has 0 fully saturated rings. The molecule has 0 spiro atoms. The lowest BCUT2D eigenvalue weighted by Gasteiger charge is -2.24. The first-order valence-corrected chi connectivity index (χ1v) is 10.2. The van der Waals surface area contributed by atoms with E-state index in [9.17, 15) is 0 Å². The minimum absolute atomic E-state index is 0. The number of rotatable bonds is 5. The van der Waals surface area contributed by atoms with E-state index in [4.69, 9.17) is 4.74 Å². The molecule has 0 amide bonds. The largest absolute Gasteiger partial charge is 1.00 e. The summed E-state index contributed by atoms with van der Waals surface area (Å²) in [6.45, 7) is 5.10. The minimum Gasteiger partial charge on any atom is -1.00 e. The van der Waals surface area contributed by atoms with Crippen LogP contribution in [0.4, 0.5) is 0 Å². The highest BCUT2D eigenvalue weighted by Gasteiger charge is 2.42. The molecule has 3 aromatic rings. The fourth-order valence-corrected chi connectivity index (χ4v) is 6.34. The fraction of sp³-hybridized carbons (Fsp3) is 0.143. The minimum atomic E-state index is -1.72. The van der Waals surface area contributed by atoms with Gasteiger partial charge in [0, 0.05) is 0 Å². The number of ether oxygens (including phenoxy) is 1. The van der Waals surface area contributed by atoms with Crippen molar-refractivity contribution >= 4 is 23.2 Å². The summed E-state index contributed by atoms with van der Waals surface area (Å²) in [5.41, 5.74) is 0. The quantitative estimate of drug-likeness (QED) is 0.620. The van der Waals surface area contributed by atoms with E-state index in [1.54, 1.807) is 0 Å². The molecule has 0 aliphatic heterocycles. The van der Waals surface area contributed by atoms with E-state index in [0.717, 1.165) is 5.75 Å². The van der Waals surface area contributed by atoms with Gasteiger partial charge in [0.15, 0.2) is 5.75 Å². The summed E-state index contributed by atoms with van der Waals surface area (Å²) in [6.07, 6.45) is 0. The third kappa shape index (κ3) is 3.48. The zero-order valence-corrected chi connectivity index (χ0v) is 15.7. The van der Waals surface area contributed by atoms with Crippen molar-refractivity contribution in [1.29, 1.82) is 0 Å². The van der Waals surface area contributed by atoms with E-state index in [2.05, 4.69) is 91.6 Å². The first kappa shape index (κ1) is 18.5. The molecule has 0 aliphatic rings. The number of hydrogen-bond acceptors (Lipinski definition) is 1. The van der Waals surface area contributed by atoms with E-state index in [1.807, 2.05) is 6.92 Å². The molecule has 0 saturated carbocycles. The van der Waals surface area contributed by atoms with Crippen molar-refractivity contribution in [2.24, 2.45) is 0 Å². The van der Waals surface area contributed by atoms with Crippen LogP contribution in [-0.4, -0.2) is 13.3 Å². The van der Waals surface area contributed by atoms with E-state index >= 15 is 0 Å². The maximum absolute atomic E-state index is 5.95. The zero-order chi connectivity index (χ0) is 16.1. The Balaban J connectivity index is 0.00000208. The Morgan fingerprint density at radius 1 is 0.708 bits per heavy atom. The second-order valence-electron chi connectivity index (χ2n) is 5.58. The van der Waals surface area contributed by atoms with Crippen molar-refractivity contribution in [1.82, 2.24) is 0 Å². The third-order valence-corrected chi connectivity index (χ3v) is 8.19. The maximum atomic E-state index is 5.95. The molecule has 0 atom stereocenters. The van der Waals surface area contributed by atoms with Crippen molar-refractivity contribution in [3.8, 4) is 5.75 Å². The van der Waals surface area contributed by atoms with Gasteiger partial charge in [-0.1, -0.05) is 48.5 Å². The summed E-state index contributed by atoms with van der Waals surface area (Å²) in [5.74, 6) is 0.999. The average Bonchev–Trinajstić information content (AvgIpc) is 2.63. The van der Waals surface area contributed by atoms with Gasteiger partial charge in [-0.3, -0.25) is 0 Å². The zero-order valence-electron chi connectivity index (χ0n) is 14.0. The molecule has 24 heavy (non-hydrogen) atoms. The Morgan fingerprint density at radius 2 is 1.17 bits per heavy atom. The summed E-state index contributed by atoms with van der Waals surface area (Å²) in [4.78, 5) is 0. The van der Waals surface area contributed by atoms with E-state index in [-0.39, 0.29) is 12.4 Å². The molecule has 0 radical (unpaired) electrons. The van der Waals surface area contributed by atoms with Gasteiger partial charge in [-0.2, -0.15) is 0 Å². The van der Waals surface area contributed by atoms with Crippen molar-refractivity contribution in [3.05, 3.63) is 84.9 Å². The SMILES string of the molecule is CCOc1ccccc1[P+](C)(c1ccccc1)c1ccccc1.[Cl-]. The Bertz CT molecular complexity index is 720. The molecule has 0 saturated heterocycles. The number of para-hydroxylation sites is 1. The first-order valence-electron chi connectivity index (χ1n) is 7.97. The predicted molar refractivity (Wildman–Crippen MR) is 102 cm³/mol. The van der Waals surface area contributed by atoms with Gasteiger partial charge in [0.2, 0.25) is 0 Å². The van der Waals surface area contributed by atoms with Gasteiger partial charge in [-0.25, -0.2) is 0 Å². The van der Waals surface area contributed by atoms with Crippen LogP contribution in [0.25, 0.3) is 0 Å². The predicted octanol–water partition coefficient (Wildman–Crippen LogP) is 1.01. The van der Waals surface area contributed by atoms with Crippen LogP contribution in [0.5, 0.6) is 5.75 Å². The Kier molecular flexibility index (Phi) is 6.43. The van der Waals surface area contributed by atoms with Crippen LogP contribution in [0.1, 0.15) is 6.92 Å². The lowest BCUT2D eigenvalue weighted by atomic mass is 10.3. The Labute approximate surface area is 151 Å². The normalized spacial score (nSPS) is 10.8. The van der Waals surface area contributed by atoms with Crippen LogP contribution in [0.3, 0.4) is 0 Å². The smallest absolute Gasteiger partial charge is 0.162 e. The maximum Gasteiger partial charge on any atom is 0.162 e. The molecule has 0 unspecified atom stereocenters. The number of benzene rings is 3. The summed E-state index contributed by atoms with van der Waals surface area (Å²) >= 11 is 0. The molecule has 0 heterocycles. The van der Waals surface area contributed by atoms with Crippen LogP contribution in [0.2, 0.25) is 0 Å². The Hall–Kier alpha value is -1.82. The van der Waals surface area contributed by atoms with Gasteiger partial charge in [-0.05, 0) is 43.3 Å². The topological polar surface area (TPSA) is 9.23 Å². The number of hydrogen-bond donors (Lipinski definition) is 0. The van der Waals surface area contributed by atoms with Gasteiger partial charge < -0.3 is 17.1 Å². The van der Waals surface area contributed by atoms with Crippen LogP contribution < -0.4 is 33.1 Å². The molecule has 1 nitrogen and oxygen atoms in total. The highest BCUT2D eigenvalue weighted by molar-refractivity contribution is 7.95. The van der Waals surface area contributed by atoms with Crippen molar-refractivity contribution in [3.63, 3.8) is 0 Å². The van der Waals surface area contributed by atoms with Gasteiger partial charge >= 0.3 is 0 Å². The monoisotopic (exact) mass is 356 g/mol. The molecule has 0 N–H and O–H groups in total. The van der Waals surface area contributed by atoms with Crippen LogP contribution in [0, 0.1) is 0 Å². The molecule has 3 rings (SSSR count). The van der Waals surface area contributed by atoms with Gasteiger partial charge in [0.1, 0.15) is 23.2 Å². The molecular formula is C21H22ClOP. The summed E-state index contributed by atoms with van der Waals surface area (Å²) in [6, 6.07) is 30.1. The third-order valence-electron chi connectivity index (χ3n) is 4.19. The molecule has 124 valence electrons. The second kappa shape index (κ2) is 8.33. The highest BCUT2D eigenvalue weighted by atomic mass is 35.5. The average molecular weight is 357 g/mol. The van der Waals surface area contributed by atoms with Crippen molar-refractivity contribution in [2.75, 3.05) is 13.3 Å². The lowest BCUT2D eigenvalue weighted by Crippen LogP contribution is -3.00. The molecule has 0 aliphatic carbocycles. The second-order valence-corrected chi connectivity index (χ2v) is 9.11.